The maximum atomic E-state index is 12.0. The van der Waals surface area contributed by atoms with E-state index < -0.39 is 10.0 Å². The summed E-state index contributed by atoms with van der Waals surface area (Å²) in [7, 11) is -3.54. The SMILES string of the molecule is Cl.O=S1(=O)N=C(C2CCCN2)Nc2ccccc21. The number of fused-ring (bicyclic) bond motifs is 1. The molecule has 1 atom stereocenters. The number of hydrogen-bond acceptors (Lipinski definition) is 4. The molecule has 1 aromatic carbocycles. The number of sulfonamides is 1. The highest BCUT2D eigenvalue weighted by atomic mass is 35.5. The minimum absolute atomic E-state index is 0. The van der Waals surface area contributed by atoms with Gasteiger partial charge in [-0.2, -0.15) is 8.42 Å². The normalized spacial score (nSPS) is 24.4. The number of anilines is 1. The van der Waals surface area contributed by atoms with Gasteiger partial charge in [0.25, 0.3) is 10.0 Å². The molecule has 0 radical (unpaired) electrons. The summed E-state index contributed by atoms with van der Waals surface area (Å²) in [6, 6.07) is 6.87. The van der Waals surface area contributed by atoms with E-state index in [1.807, 2.05) is 6.07 Å². The van der Waals surface area contributed by atoms with Gasteiger partial charge in [-0.3, -0.25) is 0 Å². The molecule has 2 heterocycles. The van der Waals surface area contributed by atoms with Crippen LogP contribution < -0.4 is 10.6 Å². The Kier molecular flexibility index (Phi) is 3.61. The van der Waals surface area contributed by atoms with Crippen molar-refractivity contribution in [2.75, 3.05) is 11.9 Å². The largest absolute Gasteiger partial charge is 0.341 e. The highest BCUT2D eigenvalue weighted by Gasteiger charge is 2.29. The third kappa shape index (κ3) is 2.23. The van der Waals surface area contributed by atoms with Crippen molar-refractivity contribution in [1.82, 2.24) is 5.32 Å². The molecule has 1 unspecified atom stereocenters. The quantitative estimate of drug-likeness (QED) is 0.818. The van der Waals surface area contributed by atoms with Crippen LogP contribution in [-0.4, -0.2) is 26.8 Å². The van der Waals surface area contributed by atoms with Crippen LogP contribution in [0.25, 0.3) is 0 Å². The molecule has 0 aliphatic carbocycles. The summed E-state index contributed by atoms with van der Waals surface area (Å²) in [5.74, 6) is 0.515. The smallest absolute Gasteiger partial charge is 0.286 e. The number of benzene rings is 1. The Hall–Kier alpha value is -1.11. The van der Waals surface area contributed by atoms with Crippen LogP contribution in [-0.2, 0) is 10.0 Å². The van der Waals surface area contributed by atoms with E-state index in [2.05, 4.69) is 15.0 Å². The molecule has 5 nitrogen and oxygen atoms in total. The summed E-state index contributed by atoms with van der Waals surface area (Å²) in [4.78, 5) is 0.252. The Balaban J connectivity index is 0.00000120. The minimum Gasteiger partial charge on any atom is -0.341 e. The van der Waals surface area contributed by atoms with Crippen molar-refractivity contribution in [1.29, 1.82) is 0 Å². The highest BCUT2D eigenvalue weighted by Crippen LogP contribution is 2.28. The maximum Gasteiger partial charge on any atom is 0.286 e. The molecule has 1 fully saturated rings. The van der Waals surface area contributed by atoms with Gasteiger partial charge in [0.1, 0.15) is 10.7 Å². The van der Waals surface area contributed by atoms with Gasteiger partial charge in [0, 0.05) is 0 Å². The molecule has 0 aromatic heterocycles. The van der Waals surface area contributed by atoms with Crippen LogP contribution >= 0.6 is 12.4 Å². The number of rotatable bonds is 1. The van der Waals surface area contributed by atoms with E-state index in [0.717, 1.165) is 19.4 Å². The fourth-order valence-corrected chi connectivity index (χ4v) is 3.38. The second-order valence-corrected chi connectivity index (χ2v) is 5.79. The first kappa shape index (κ1) is 13.3. The molecule has 3 rings (SSSR count). The Bertz CT molecular complexity index is 580. The van der Waals surface area contributed by atoms with Crippen LogP contribution in [0.4, 0.5) is 5.69 Å². The number of para-hydroxylation sites is 1. The van der Waals surface area contributed by atoms with Gasteiger partial charge in [-0.25, -0.2) is 0 Å². The summed E-state index contributed by atoms with van der Waals surface area (Å²) in [5.41, 5.74) is 0.617. The Morgan fingerprint density at radius 3 is 2.78 bits per heavy atom. The van der Waals surface area contributed by atoms with Crippen LogP contribution in [0.1, 0.15) is 12.8 Å². The molecule has 0 spiro atoms. The Labute approximate surface area is 112 Å². The summed E-state index contributed by atoms with van der Waals surface area (Å²) in [6.07, 6.45) is 1.97. The first-order valence-electron chi connectivity index (χ1n) is 5.61. The summed E-state index contributed by atoms with van der Waals surface area (Å²) < 4.78 is 27.8. The third-order valence-electron chi connectivity index (χ3n) is 3.04. The third-order valence-corrected chi connectivity index (χ3v) is 4.39. The molecule has 7 heteroatoms. The van der Waals surface area contributed by atoms with Crippen LogP contribution in [0.5, 0.6) is 0 Å². The van der Waals surface area contributed by atoms with Crippen molar-refractivity contribution in [2.24, 2.45) is 4.40 Å². The van der Waals surface area contributed by atoms with Crippen LogP contribution in [0.2, 0.25) is 0 Å². The number of halogens is 1. The number of nitrogens with one attached hydrogen (secondary N) is 2. The zero-order chi connectivity index (χ0) is 11.9. The lowest BCUT2D eigenvalue weighted by atomic mass is 10.2. The van der Waals surface area contributed by atoms with Crippen molar-refractivity contribution < 1.29 is 8.42 Å². The van der Waals surface area contributed by atoms with Gasteiger partial charge >= 0.3 is 0 Å². The molecule has 0 saturated carbocycles. The van der Waals surface area contributed by atoms with Crippen LogP contribution in [0, 0.1) is 0 Å². The lowest BCUT2D eigenvalue weighted by Gasteiger charge is -2.21. The average molecular weight is 288 g/mol. The molecule has 0 amide bonds. The van der Waals surface area contributed by atoms with Gasteiger partial charge < -0.3 is 10.6 Å². The Morgan fingerprint density at radius 2 is 2.06 bits per heavy atom. The average Bonchev–Trinajstić information content (AvgIpc) is 2.81. The number of amidine groups is 1. The van der Waals surface area contributed by atoms with Crippen molar-refractivity contribution >= 4 is 34.0 Å². The summed E-state index contributed by atoms with van der Waals surface area (Å²) in [5, 5.41) is 6.34. The van der Waals surface area contributed by atoms with E-state index in [1.54, 1.807) is 18.2 Å². The second-order valence-electron chi connectivity index (χ2n) is 4.22. The van der Waals surface area contributed by atoms with E-state index >= 15 is 0 Å². The summed E-state index contributed by atoms with van der Waals surface area (Å²) >= 11 is 0. The second kappa shape index (κ2) is 4.87. The van der Waals surface area contributed by atoms with E-state index in [9.17, 15) is 8.42 Å². The molecular formula is C11H14ClN3O2S. The van der Waals surface area contributed by atoms with E-state index in [0.29, 0.717) is 11.5 Å². The molecular weight excluding hydrogens is 274 g/mol. The molecule has 2 N–H and O–H groups in total. The van der Waals surface area contributed by atoms with Crippen molar-refractivity contribution in [2.45, 2.75) is 23.8 Å². The molecule has 2 aliphatic heterocycles. The molecule has 2 aliphatic rings. The first-order valence-corrected chi connectivity index (χ1v) is 7.05. The molecule has 1 aromatic rings. The predicted octanol–water partition coefficient (Wildman–Crippen LogP) is 1.37. The van der Waals surface area contributed by atoms with Crippen molar-refractivity contribution in [3.05, 3.63) is 24.3 Å². The van der Waals surface area contributed by atoms with Gasteiger partial charge in [0.05, 0.1) is 11.7 Å². The number of nitrogens with zero attached hydrogens (tertiary/aromatic N) is 1. The maximum absolute atomic E-state index is 12.0. The fraction of sp³-hybridized carbons (Fsp3) is 0.364. The van der Waals surface area contributed by atoms with E-state index in [4.69, 9.17) is 0 Å². The van der Waals surface area contributed by atoms with Crippen molar-refractivity contribution in [3.8, 4) is 0 Å². The zero-order valence-electron chi connectivity index (χ0n) is 9.59. The van der Waals surface area contributed by atoms with Gasteiger partial charge in [-0.05, 0) is 31.5 Å². The molecule has 98 valence electrons. The van der Waals surface area contributed by atoms with Crippen molar-refractivity contribution in [3.63, 3.8) is 0 Å². The lowest BCUT2D eigenvalue weighted by Crippen LogP contribution is -2.38. The predicted molar refractivity (Wildman–Crippen MR) is 73.0 cm³/mol. The first-order chi connectivity index (χ1) is 8.17. The van der Waals surface area contributed by atoms with Gasteiger partial charge in [-0.1, -0.05) is 12.1 Å². The minimum atomic E-state index is -3.54. The van der Waals surface area contributed by atoms with E-state index in [1.165, 1.54) is 0 Å². The molecule has 0 bridgehead atoms. The molecule has 18 heavy (non-hydrogen) atoms. The fourth-order valence-electron chi connectivity index (χ4n) is 2.20. The summed E-state index contributed by atoms with van der Waals surface area (Å²) in [6.45, 7) is 0.910. The van der Waals surface area contributed by atoms with Crippen LogP contribution in [0.15, 0.2) is 33.6 Å². The Morgan fingerprint density at radius 1 is 1.28 bits per heavy atom. The highest BCUT2D eigenvalue weighted by molar-refractivity contribution is 7.90. The van der Waals surface area contributed by atoms with Gasteiger partial charge in [0.15, 0.2) is 0 Å². The monoisotopic (exact) mass is 287 g/mol. The topological polar surface area (TPSA) is 70.6 Å². The lowest BCUT2D eigenvalue weighted by molar-refractivity contribution is 0.597. The van der Waals surface area contributed by atoms with Crippen LogP contribution in [0.3, 0.4) is 0 Å². The molecule has 1 saturated heterocycles. The number of hydrogen-bond donors (Lipinski definition) is 2. The zero-order valence-corrected chi connectivity index (χ0v) is 11.2. The van der Waals surface area contributed by atoms with Gasteiger partial charge in [0.2, 0.25) is 0 Å². The van der Waals surface area contributed by atoms with Gasteiger partial charge in [-0.15, -0.1) is 16.8 Å². The van der Waals surface area contributed by atoms with E-state index in [-0.39, 0.29) is 23.3 Å². The standard InChI is InChI=1S/C11H13N3O2S.ClH/c15-17(16)10-6-2-1-4-8(10)13-11(14-17)9-5-3-7-12-9;/h1-2,4,6,9,12H,3,5,7H2,(H,13,14);1H.